The summed E-state index contributed by atoms with van der Waals surface area (Å²) in [4.78, 5) is 18.4. The zero-order valence-electron chi connectivity index (χ0n) is 7.14. The van der Waals surface area contributed by atoms with Crippen LogP contribution in [0.5, 0.6) is 0 Å². The summed E-state index contributed by atoms with van der Waals surface area (Å²) in [5.74, 6) is -0.965. The van der Waals surface area contributed by atoms with E-state index in [1.165, 1.54) is 18.3 Å². The summed E-state index contributed by atoms with van der Waals surface area (Å²) in [7, 11) is 0. The number of rotatable bonds is 1. The molecule has 5 heteroatoms. The predicted octanol–water partition coefficient (Wildman–Crippen LogP) is 1.13. The molecule has 0 amide bonds. The van der Waals surface area contributed by atoms with E-state index in [2.05, 4.69) is 16.2 Å². The molecule has 0 aliphatic carbocycles. The van der Waals surface area contributed by atoms with E-state index < -0.39 is 5.97 Å². The maximum Gasteiger partial charge on any atom is 0.334 e. The Morgan fingerprint density at radius 3 is 2.86 bits per heavy atom. The fourth-order valence-corrected chi connectivity index (χ4v) is 1.05. The van der Waals surface area contributed by atoms with Gasteiger partial charge in [0.2, 0.25) is 0 Å². The Morgan fingerprint density at radius 1 is 1.36 bits per heavy atom. The van der Waals surface area contributed by atoms with Crippen molar-refractivity contribution in [3.8, 4) is 0 Å². The summed E-state index contributed by atoms with van der Waals surface area (Å²) in [6.45, 7) is 0. The summed E-state index contributed by atoms with van der Waals surface area (Å²) in [5, 5.41) is 8.69. The molecule has 0 bridgehead atoms. The van der Waals surface area contributed by atoms with Gasteiger partial charge in [-0.15, -0.1) is 12.3 Å². The minimum Gasteiger partial charge on any atom is -0.478 e. The number of aromatic carboxylic acids is 1. The average molecular weight is 262 g/mol. The van der Waals surface area contributed by atoms with E-state index in [1.54, 1.807) is 6.07 Å². The normalized spacial score (nSPS) is 9.43. The zero-order chi connectivity index (χ0) is 9.26. The van der Waals surface area contributed by atoms with E-state index in [9.17, 15) is 4.79 Å². The molecule has 1 aromatic carbocycles. The molecule has 1 heterocycles. The van der Waals surface area contributed by atoms with Gasteiger partial charge >= 0.3 is 5.97 Å². The quantitative estimate of drug-likeness (QED) is 0.782. The predicted molar refractivity (Wildman–Crippen MR) is 45.3 cm³/mol. The van der Waals surface area contributed by atoms with Gasteiger partial charge in [0.15, 0.2) is 0 Å². The molecule has 0 spiro atoms. The van der Waals surface area contributed by atoms with E-state index in [4.69, 9.17) is 5.11 Å². The molecule has 0 saturated carbocycles. The van der Waals surface area contributed by atoms with Gasteiger partial charge in [-0.25, -0.2) is 4.79 Å². The molecule has 67 valence electrons. The molecule has 2 rings (SSSR count). The number of aromatic nitrogens is 2. The molecule has 1 radical (unpaired) electrons. The van der Waals surface area contributed by atoms with Crippen molar-refractivity contribution in [3.63, 3.8) is 0 Å². The molecule has 0 saturated heterocycles. The van der Waals surface area contributed by atoms with Crippen molar-refractivity contribution in [3.05, 3.63) is 36.2 Å². The Balaban J connectivity index is 0.000000980. The van der Waals surface area contributed by atoms with Crippen LogP contribution in [0.15, 0.2) is 24.4 Å². The van der Waals surface area contributed by atoms with Crippen molar-refractivity contribution >= 4 is 17.0 Å². The van der Waals surface area contributed by atoms with E-state index in [1.807, 2.05) is 0 Å². The second-order valence-electron chi connectivity index (χ2n) is 2.51. The Labute approximate surface area is 105 Å². The molecule has 0 aliphatic rings. The molecular formula is C9H5N2O2Y-. The maximum atomic E-state index is 10.6. The smallest absolute Gasteiger partial charge is 0.334 e. The molecule has 2 aromatic rings. The van der Waals surface area contributed by atoms with Gasteiger partial charge in [-0.2, -0.15) is 0 Å². The van der Waals surface area contributed by atoms with Crippen molar-refractivity contribution in [2.45, 2.75) is 0 Å². The van der Waals surface area contributed by atoms with Crippen molar-refractivity contribution in [1.82, 2.24) is 9.97 Å². The molecule has 0 atom stereocenters. The Hall–Kier alpha value is -0.866. The molecule has 0 unspecified atom stereocenters. The number of hydrogen-bond donors (Lipinski definition) is 1. The molecule has 0 fully saturated rings. The number of carbonyl (C=O) groups is 1. The van der Waals surface area contributed by atoms with Gasteiger partial charge in [-0.1, -0.05) is 11.6 Å². The number of carboxylic acids is 1. The van der Waals surface area contributed by atoms with Gasteiger partial charge in [-0.3, -0.25) is 4.98 Å². The minimum atomic E-state index is -0.965. The van der Waals surface area contributed by atoms with Crippen LogP contribution in [0.25, 0.3) is 11.0 Å². The van der Waals surface area contributed by atoms with Crippen LogP contribution in [0, 0.1) is 6.20 Å². The van der Waals surface area contributed by atoms with E-state index in [0.29, 0.717) is 11.0 Å². The first-order chi connectivity index (χ1) is 6.27. The second-order valence-corrected chi connectivity index (χ2v) is 2.51. The summed E-state index contributed by atoms with van der Waals surface area (Å²) in [5.41, 5.74) is 1.42. The Morgan fingerprint density at radius 2 is 2.14 bits per heavy atom. The van der Waals surface area contributed by atoms with Gasteiger partial charge < -0.3 is 10.1 Å². The topological polar surface area (TPSA) is 63.1 Å². The van der Waals surface area contributed by atoms with Crippen molar-refractivity contribution in [2.75, 3.05) is 0 Å². The van der Waals surface area contributed by atoms with Gasteiger partial charge in [0.25, 0.3) is 0 Å². The maximum absolute atomic E-state index is 10.6. The third-order valence-corrected chi connectivity index (χ3v) is 1.67. The molecule has 4 nitrogen and oxygen atoms in total. The SMILES string of the molecule is O=C(O)c1ccc2nc[c-]nc2c1.[Y]. The zero-order valence-corrected chi connectivity index (χ0v) is 9.97. The van der Waals surface area contributed by atoms with Gasteiger partial charge in [0.05, 0.1) is 0 Å². The summed E-state index contributed by atoms with van der Waals surface area (Å²) < 4.78 is 0. The molecule has 1 N–H and O–H groups in total. The van der Waals surface area contributed by atoms with Crippen LogP contribution in [-0.2, 0) is 32.7 Å². The Bertz CT molecular complexity index is 473. The third kappa shape index (κ3) is 2.14. The molecule has 1 aromatic heterocycles. The molecule has 14 heavy (non-hydrogen) atoms. The summed E-state index contributed by atoms with van der Waals surface area (Å²) in [6, 6.07) is 4.60. The van der Waals surface area contributed by atoms with Gasteiger partial charge in [0.1, 0.15) is 0 Å². The van der Waals surface area contributed by atoms with Gasteiger partial charge in [0, 0.05) is 43.8 Å². The van der Waals surface area contributed by atoms with Crippen molar-refractivity contribution < 1.29 is 42.6 Å². The number of carboxylic acid groups (broad SMARTS) is 1. The minimum absolute atomic E-state index is 0. The van der Waals surface area contributed by atoms with Crippen LogP contribution >= 0.6 is 0 Å². The average Bonchev–Trinajstić information content (AvgIpc) is 2.17. The fourth-order valence-electron chi connectivity index (χ4n) is 1.05. The van der Waals surface area contributed by atoms with Crippen LogP contribution in [0.2, 0.25) is 0 Å². The number of fused-ring (bicyclic) bond motifs is 1. The van der Waals surface area contributed by atoms with Gasteiger partial charge in [-0.05, 0) is 12.3 Å². The Kier molecular flexibility index (Phi) is 3.66. The third-order valence-electron chi connectivity index (χ3n) is 1.67. The molecular weight excluding hydrogens is 257 g/mol. The van der Waals surface area contributed by atoms with Crippen LogP contribution in [0.3, 0.4) is 0 Å². The van der Waals surface area contributed by atoms with Crippen LogP contribution in [0.4, 0.5) is 0 Å². The number of benzene rings is 1. The number of nitrogens with zero attached hydrogens (tertiary/aromatic N) is 2. The molecule has 0 aliphatic heterocycles. The van der Waals surface area contributed by atoms with Crippen LogP contribution in [0.1, 0.15) is 10.4 Å². The monoisotopic (exact) mass is 262 g/mol. The van der Waals surface area contributed by atoms with E-state index in [-0.39, 0.29) is 38.3 Å². The van der Waals surface area contributed by atoms with Crippen LogP contribution in [-0.4, -0.2) is 21.0 Å². The largest absolute Gasteiger partial charge is 0.478 e. The first-order valence-corrected chi connectivity index (χ1v) is 3.63. The van der Waals surface area contributed by atoms with E-state index in [0.717, 1.165) is 0 Å². The van der Waals surface area contributed by atoms with Crippen LogP contribution < -0.4 is 0 Å². The summed E-state index contributed by atoms with van der Waals surface area (Å²) in [6.07, 6.45) is 3.99. The standard InChI is InChI=1S/C9H5N2O2.Y/c12-9(13)6-1-2-7-8(5-6)11-4-3-10-7;/h1-3,5H,(H,12,13);/q-1;. The van der Waals surface area contributed by atoms with E-state index >= 15 is 0 Å². The first kappa shape index (κ1) is 11.2. The number of hydrogen-bond acceptors (Lipinski definition) is 3. The summed E-state index contributed by atoms with van der Waals surface area (Å²) >= 11 is 0. The van der Waals surface area contributed by atoms with Crippen molar-refractivity contribution in [2.24, 2.45) is 0 Å². The second kappa shape index (κ2) is 4.57. The fraction of sp³-hybridized carbons (Fsp3) is 0. The first-order valence-electron chi connectivity index (χ1n) is 3.63. The van der Waals surface area contributed by atoms with Crippen molar-refractivity contribution in [1.29, 1.82) is 0 Å².